The minimum atomic E-state index is -0.808. The number of rotatable bonds is 7. The molecule has 0 spiro atoms. The van der Waals surface area contributed by atoms with Gasteiger partial charge in [-0.3, -0.25) is 4.79 Å². The highest BCUT2D eigenvalue weighted by Gasteiger charge is 2.13. The van der Waals surface area contributed by atoms with Crippen molar-refractivity contribution in [2.75, 3.05) is 0 Å². The summed E-state index contributed by atoms with van der Waals surface area (Å²) in [6.07, 6.45) is 0.562. The zero-order valence-electron chi connectivity index (χ0n) is 17.1. The van der Waals surface area contributed by atoms with E-state index >= 15 is 0 Å². The van der Waals surface area contributed by atoms with Crippen molar-refractivity contribution in [3.8, 4) is 33.8 Å². The van der Waals surface area contributed by atoms with E-state index in [1.54, 1.807) is 18.2 Å². The van der Waals surface area contributed by atoms with Gasteiger partial charge in [0.2, 0.25) is 0 Å². The molecule has 0 aromatic heterocycles. The van der Waals surface area contributed by atoms with Gasteiger partial charge in [0.05, 0.1) is 10.0 Å². The maximum atomic E-state index is 11.1. The largest absolute Gasteiger partial charge is 0.481 e. The van der Waals surface area contributed by atoms with Gasteiger partial charge in [-0.25, -0.2) is 0 Å². The molecule has 0 aliphatic carbocycles. The molecule has 0 unspecified atom stereocenters. The number of aryl methyl sites for hydroxylation is 1. The normalized spacial score (nSPS) is 10.7. The van der Waals surface area contributed by atoms with E-state index in [0.717, 1.165) is 27.8 Å². The summed E-state index contributed by atoms with van der Waals surface area (Å²) in [4.78, 5) is 11.1. The van der Waals surface area contributed by atoms with Gasteiger partial charge in [-0.05, 0) is 52.9 Å². The third kappa shape index (κ3) is 4.96. The standard InChI is InChI=1S/C27H20Cl2O3/c28-23-12-6-13-24(29)27(23)32-25-14-4-3-11-22(25)20-9-5-8-19(17-20)21-10-2-1-7-18(21)15-16-26(30)31/h1-14,17H,15-16H2,(H,30,31). The number of benzene rings is 4. The van der Waals surface area contributed by atoms with Crippen molar-refractivity contribution < 1.29 is 14.6 Å². The molecule has 0 aliphatic heterocycles. The highest BCUT2D eigenvalue weighted by atomic mass is 35.5. The summed E-state index contributed by atoms with van der Waals surface area (Å²) >= 11 is 12.6. The number of carbonyl (C=O) groups is 1. The molecule has 4 rings (SSSR count). The number of hydrogen-bond donors (Lipinski definition) is 1. The van der Waals surface area contributed by atoms with Crippen molar-refractivity contribution in [1.82, 2.24) is 0 Å². The van der Waals surface area contributed by atoms with E-state index in [1.165, 1.54) is 0 Å². The summed E-state index contributed by atoms with van der Waals surface area (Å²) in [6, 6.07) is 28.9. The van der Waals surface area contributed by atoms with Gasteiger partial charge in [0, 0.05) is 12.0 Å². The van der Waals surface area contributed by atoms with Crippen LogP contribution < -0.4 is 4.74 Å². The zero-order chi connectivity index (χ0) is 22.5. The lowest BCUT2D eigenvalue weighted by Gasteiger charge is -2.15. The van der Waals surface area contributed by atoms with Crippen molar-refractivity contribution in [2.45, 2.75) is 12.8 Å². The topological polar surface area (TPSA) is 46.5 Å². The predicted octanol–water partition coefficient (Wildman–Crippen LogP) is 8.14. The van der Waals surface area contributed by atoms with Crippen molar-refractivity contribution in [3.63, 3.8) is 0 Å². The van der Waals surface area contributed by atoms with Crippen molar-refractivity contribution >= 4 is 29.2 Å². The van der Waals surface area contributed by atoms with Crippen molar-refractivity contribution in [1.29, 1.82) is 0 Å². The number of carboxylic acids is 1. The average Bonchev–Trinajstić information content (AvgIpc) is 2.81. The number of para-hydroxylation sites is 2. The molecule has 0 bridgehead atoms. The van der Waals surface area contributed by atoms with Gasteiger partial charge >= 0.3 is 5.97 Å². The Morgan fingerprint density at radius 3 is 2.06 bits per heavy atom. The van der Waals surface area contributed by atoms with Gasteiger partial charge in [0.1, 0.15) is 5.75 Å². The fraction of sp³-hybridized carbons (Fsp3) is 0.0741. The molecule has 5 heteroatoms. The van der Waals surface area contributed by atoms with Crippen LogP contribution in [0.1, 0.15) is 12.0 Å². The molecule has 0 fully saturated rings. The zero-order valence-corrected chi connectivity index (χ0v) is 18.6. The molecule has 0 saturated heterocycles. The molecular formula is C27H20Cl2O3. The summed E-state index contributed by atoms with van der Waals surface area (Å²) in [7, 11) is 0. The Kier molecular flexibility index (Phi) is 6.79. The Balaban J connectivity index is 1.72. The molecule has 4 aromatic rings. The smallest absolute Gasteiger partial charge is 0.303 e. The molecule has 0 aliphatic rings. The number of halogens is 2. The summed E-state index contributed by atoms with van der Waals surface area (Å²) in [5, 5.41) is 9.96. The molecule has 1 N–H and O–H groups in total. The van der Waals surface area contributed by atoms with Gasteiger partial charge in [0.15, 0.2) is 5.75 Å². The molecular weight excluding hydrogens is 443 g/mol. The fourth-order valence-corrected chi connectivity index (χ4v) is 4.07. The summed E-state index contributed by atoms with van der Waals surface area (Å²) in [6.45, 7) is 0. The van der Waals surface area contributed by atoms with Crippen LogP contribution in [0.5, 0.6) is 11.5 Å². The Morgan fingerprint density at radius 2 is 1.34 bits per heavy atom. The van der Waals surface area contributed by atoms with Gasteiger partial charge in [-0.1, -0.05) is 89.9 Å². The van der Waals surface area contributed by atoms with E-state index < -0.39 is 5.97 Å². The van der Waals surface area contributed by atoms with Crippen LogP contribution in [0.2, 0.25) is 10.0 Å². The van der Waals surface area contributed by atoms with Gasteiger partial charge < -0.3 is 9.84 Å². The van der Waals surface area contributed by atoms with Crippen molar-refractivity contribution in [3.05, 3.63) is 107 Å². The van der Waals surface area contributed by atoms with Crippen LogP contribution in [0.4, 0.5) is 0 Å². The lowest BCUT2D eigenvalue weighted by atomic mass is 9.94. The van der Waals surface area contributed by atoms with Gasteiger partial charge in [0.25, 0.3) is 0 Å². The molecule has 160 valence electrons. The summed E-state index contributed by atoms with van der Waals surface area (Å²) < 4.78 is 6.13. The quantitative estimate of drug-likeness (QED) is 0.301. The number of hydrogen-bond acceptors (Lipinski definition) is 2. The van der Waals surface area contributed by atoms with Crippen LogP contribution in [0.3, 0.4) is 0 Å². The van der Waals surface area contributed by atoms with Crippen LogP contribution in [-0.2, 0) is 11.2 Å². The Morgan fingerprint density at radius 1 is 0.750 bits per heavy atom. The molecule has 0 amide bonds. The second-order valence-electron chi connectivity index (χ2n) is 7.28. The van der Waals surface area contributed by atoms with E-state index in [1.807, 2.05) is 66.7 Å². The molecule has 3 nitrogen and oxygen atoms in total. The lowest BCUT2D eigenvalue weighted by molar-refractivity contribution is -0.136. The summed E-state index contributed by atoms with van der Waals surface area (Å²) in [5.74, 6) is 0.245. The lowest BCUT2D eigenvalue weighted by Crippen LogP contribution is -1.99. The molecule has 0 atom stereocenters. The van der Waals surface area contributed by atoms with Crippen LogP contribution in [0.15, 0.2) is 91.0 Å². The maximum Gasteiger partial charge on any atom is 0.303 e. The monoisotopic (exact) mass is 462 g/mol. The predicted molar refractivity (Wildman–Crippen MR) is 130 cm³/mol. The van der Waals surface area contributed by atoms with Gasteiger partial charge in [-0.2, -0.15) is 0 Å². The fourth-order valence-electron chi connectivity index (χ4n) is 3.60. The van der Waals surface area contributed by atoms with Crippen molar-refractivity contribution in [2.24, 2.45) is 0 Å². The third-order valence-electron chi connectivity index (χ3n) is 5.13. The van der Waals surface area contributed by atoms with Gasteiger partial charge in [-0.15, -0.1) is 0 Å². The van der Waals surface area contributed by atoms with E-state index in [-0.39, 0.29) is 6.42 Å². The second kappa shape index (κ2) is 9.90. The van der Waals surface area contributed by atoms with E-state index in [4.69, 9.17) is 33.0 Å². The van der Waals surface area contributed by atoms with Crippen LogP contribution in [0, 0.1) is 0 Å². The van der Waals surface area contributed by atoms with Crippen LogP contribution in [-0.4, -0.2) is 11.1 Å². The molecule has 0 saturated carbocycles. The maximum absolute atomic E-state index is 11.1. The highest BCUT2D eigenvalue weighted by Crippen LogP contribution is 2.40. The molecule has 0 heterocycles. The number of ether oxygens (including phenoxy) is 1. The SMILES string of the molecule is O=C(O)CCc1ccccc1-c1cccc(-c2ccccc2Oc2c(Cl)cccc2Cl)c1. The Hall–Kier alpha value is -3.27. The van der Waals surface area contributed by atoms with Crippen LogP contribution in [0.25, 0.3) is 22.3 Å². The summed E-state index contributed by atoms with van der Waals surface area (Å²) in [5.41, 5.74) is 4.89. The van der Waals surface area contributed by atoms with E-state index in [9.17, 15) is 4.79 Å². The van der Waals surface area contributed by atoms with E-state index in [2.05, 4.69) is 6.07 Å². The number of carboxylic acid groups (broad SMARTS) is 1. The van der Waals surface area contributed by atoms with Crippen LogP contribution >= 0.6 is 23.2 Å². The Bertz CT molecular complexity index is 1250. The molecule has 0 radical (unpaired) electrons. The highest BCUT2D eigenvalue weighted by molar-refractivity contribution is 6.37. The first-order chi connectivity index (χ1) is 15.5. The third-order valence-corrected chi connectivity index (χ3v) is 5.72. The first kappa shape index (κ1) is 21.9. The average molecular weight is 463 g/mol. The number of aliphatic carboxylic acids is 1. The molecule has 32 heavy (non-hydrogen) atoms. The minimum absolute atomic E-state index is 0.0893. The first-order valence-corrected chi connectivity index (χ1v) is 10.9. The second-order valence-corrected chi connectivity index (χ2v) is 8.10. The minimum Gasteiger partial charge on any atom is -0.481 e. The Labute approximate surface area is 196 Å². The molecule has 4 aromatic carbocycles. The first-order valence-electron chi connectivity index (χ1n) is 10.1. The van der Waals surface area contributed by atoms with E-state index in [0.29, 0.717) is 28.0 Å².